The summed E-state index contributed by atoms with van der Waals surface area (Å²) < 4.78 is 26.8. The number of nitriles is 1. The highest BCUT2D eigenvalue weighted by Crippen LogP contribution is 2.31. The zero-order valence-electron chi connectivity index (χ0n) is 13.5. The lowest BCUT2D eigenvalue weighted by Gasteiger charge is -2.27. The van der Waals surface area contributed by atoms with E-state index in [0.29, 0.717) is 0 Å². The molecule has 3 rings (SSSR count). The van der Waals surface area contributed by atoms with Gasteiger partial charge in [0.1, 0.15) is 11.8 Å². The number of hydrogen-bond donors (Lipinski definition) is 2. The topological polar surface area (TPSA) is 115 Å². The third kappa shape index (κ3) is 3.33. The highest BCUT2D eigenvalue weighted by atomic mass is 19.3. The first kappa shape index (κ1) is 17.7. The van der Waals surface area contributed by atoms with E-state index in [-0.39, 0.29) is 11.6 Å². The zero-order valence-corrected chi connectivity index (χ0v) is 13.5. The molecule has 3 aliphatic rings. The highest BCUT2D eigenvalue weighted by molar-refractivity contribution is 6.41. The van der Waals surface area contributed by atoms with Crippen LogP contribution in [0.25, 0.3) is 0 Å². The molecular formula is C16H15F2N5O3. The second kappa shape index (κ2) is 6.67. The van der Waals surface area contributed by atoms with Crippen LogP contribution in [0.5, 0.6) is 0 Å². The Balaban J connectivity index is 1.63. The van der Waals surface area contributed by atoms with Gasteiger partial charge in [-0.3, -0.25) is 14.4 Å². The van der Waals surface area contributed by atoms with Gasteiger partial charge in [0.25, 0.3) is 11.8 Å². The summed E-state index contributed by atoms with van der Waals surface area (Å²) in [5.74, 6) is -6.07. The molecule has 136 valence electrons. The number of nitrogens with zero attached hydrogens (tertiary/aromatic N) is 3. The molecule has 1 fully saturated rings. The lowest BCUT2D eigenvalue weighted by Crippen LogP contribution is -2.49. The van der Waals surface area contributed by atoms with E-state index < -0.39 is 55.1 Å². The maximum absolute atomic E-state index is 13.4. The smallest absolute Gasteiger partial charge is 0.268 e. The Bertz CT molecular complexity index is 783. The number of carbonyl (C=O) groups excluding carboxylic acids is 3. The van der Waals surface area contributed by atoms with Gasteiger partial charge < -0.3 is 10.2 Å². The number of likely N-dealkylation sites (tertiary alicyclic amines) is 1. The van der Waals surface area contributed by atoms with Gasteiger partial charge in [-0.1, -0.05) is 24.3 Å². The van der Waals surface area contributed by atoms with Crippen molar-refractivity contribution in [2.75, 3.05) is 13.1 Å². The number of rotatable bonds is 3. The quantitative estimate of drug-likeness (QED) is 0.717. The van der Waals surface area contributed by atoms with Gasteiger partial charge in [0.2, 0.25) is 11.8 Å². The Kier molecular flexibility index (Phi) is 4.54. The fraction of sp³-hybridized carbons (Fsp3) is 0.438. The number of nitrogens with one attached hydrogen (secondary N) is 2. The number of carbonyl (C=O) groups is 3. The minimum absolute atomic E-state index is 0.0200. The van der Waals surface area contributed by atoms with Crippen molar-refractivity contribution in [2.24, 2.45) is 16.9 Å². The van der Waals surface area contributed by atoms with Crippen molar-refractivity contribution in [1.82, 2.24) is 15.6 Å². The van der Waals surface area contributed by atoms with E-state index in [1.165, 1.54) is 0 Å². The molecule has 0 aromatic heterocycles. The van der Waals surface area contributed by atoms with Crippen LogP contribution in [0.3, 0.4) is 0 Å². The Morgan fingerprint density at radius 1 is 1.38 bits per heavy atom. The molecule has 8 nitrogen and oxygen atoms in total. The van der Waals surface area contributed by atoms with Crippen LogP contribution in [-0.4, -0.2) is 53.4 Å². The van der Waals surface area contributed by atoms with E-state index in [2.05, 4.69) is 15.8 Å². The van der Waals surface area contributed by atoms with E-state index in [1.54, 1.807) is 30.4 Å². The first-order valence-electron chi connectivity index (χ1n) is 7.90. The predicted molar refractivity (Wildman–Crippen MR) is 84.5 cm³/mol. The molecule has 3 atom stereocenters. The summed E-state index contributed by atoms with van der Waals surface area (Å²) in [5, 5.41) is 15.0. The number of hydrogen-bond acceptors (Lipinski definition) is 5. The number of hydrazone groups is 1. The molecule has 2 aliphatic heterocycles. The van der Waals surface area contributed by atoms with Crippen LogP contribution in [0.2, 0.25) is 0 Å². The summed E-state index contributed by atoms with van der Waals surface area (Å²) in [6, 6.07) is 0.443. The number of allylic oxidation sites excluding steroid dienone is 3. The van der Waals surface area contributed by atoms with Crippen LogP contribution < -0.4 is 10.7 Å². The number of halogens is 2. The Labute approximate surface area is 147 Å². The van der Waals surface area contributed by atoms with Gasteiger partial charge in [0.15, 0.2) is 0 Å². The molecule has 0 saturated carbocycles. The molecule has 26 heavy (non-hydrogen) atoms. The largest absolute Gasteiger partial charge is 0.342 e. The Morgan fingerprint density at radius 2 is 2.08 bits per heavy atom. The molecule has 2 N–H and O–H groups in total. The molecule has 1 saturated heterocycles. The van der Waals surface area contributed by atoms with Gasteiger partial charge in [-0.05, 0) is 0 Å². The summed E-state index contributed by atoms with van der Waals surface area (Å²) >= 11 is 0. The molecule has 0 aromatic carbocycles. The van der Waals surface area contributed by atoms with Gasteiger partial charge in [-0.15, -0.1) is 0 Å². The first-order chi connectivity index (χ1) is 12.3. The second-order valence-electron chi connectivity index (χ2n) is 6.20. The SMILES string of the molecule is N#CC1CC(F)(F)CN1C(=O)CNC(=O)C1=NNC(=O)C2C=CC=CC12. The van der Waals surface area contributed by atoms with Crippen molar-refractivity contribution in [2.45, 2.75) is 18.4 Å². The monoisotopic (exact) mass is 363 g/mol. The normalized spacial score (nSPS) is 28.7. The van der Waals surface area contributed by atoms with Gasteiger partial charge in [0, 0.05) is 12.3 Å². The van der Waals surface area contributed by atoms with E-state index in [0.717, 1.165) is 4.90 Å². The molecule has 0 bridgehead atoms. The van der Waals surface area contributed by atoms with E-state index in [9.17, 15) is 23.2 Å². The van der Waals surface area contributed by atoms with Crippen molar-refractivity contribution < 1.29 is 23.2 Å². The lowest BCUT2D eigenvalue weighted by molar-refractivity contribution is -0.133. The van der Waals surface area contributed by atoms with Crippen LogP contribution in [0.1, 0.15) is 6.42 Å². The van der Waals surface area contributed by atoms with Gasteiger partial charge >= 0.3 is 0 Å². The minimum atomic E-state index is -3.12. The highest BCUT2D eigenvalue weighted by Gasteiger charge is 2.47. The van der Waals surface area contributed by atoms with Crippen LogP contribution in [0, 0.1) is 23.2 Å². The molecule has 10 heteroatoms. The van der Waals surface area contributed by atoms with Crippen LogP contribution >= 0.6 is 0 Å². The van der Waals surface area contributed by atoms with Crippen LogP contribution in [0.4, 0.5) is 8.78 Å². The summed E-state index contributed by atoms with van der Waals surface area (Å²) in [6.45, 7) is -1.40. The van der Waals surface area contributed by atoms with E-state index in [1.807, 2.05) is 0 Å². The molecule has 3 amide bonds. The van der Waals surface area contributed by atoms with Crippen LogP contribution in [0.15, 0.2) is 29.4 Å². The third-order valence-corrected chi connectivity index (χ3v) is 4.41. The summed E-state index contributed by atoms with van der Waals surface area (Å²) in [5.41, 5.74) is 2.27. The standard InChI is InChI=1S/C16H15F2N5O3/c17-16(18)5-9(6-19)23(8-16)12(24)7-20-15(26)13-10-3-1-2-4-11(10)14(25)22-21-13/h1-4,9-11H,5,7-8H2,(H,20,26)(H,22,25). The van der Waals surface area contributed by atoms with Crippen molar-refractivity contribution in [3.05, 3.63) is 24.3 Å². The molecule has 0 radical (unpaired) electrons. The maximum atomic E-state index is 13.4. The molecule has 0 aromatic rings. The summed E-state index contributed by atoms with van der Waals surface area (Å²) in [7, 11) is 0. The Morgan fingerprint density at radius 3 is 2.77 bits per heavy atom. The van der Waals surface area contributed by atoms with Crippen molar-refractivity contribution in [3.63, 3.8) is 0 Å². The lowest BCUT2D eigenvalue weighted by atomic mass is 9.83. The van der Waals surface area contributed by atoms with E-state index >= 15 is 0 Å². The zero-order chi connectivity index (χ0) is 18.9. The number of amides is 3. The molecule has 2 heterocycles. The average Bonchev–Trinajstić information content (AvgIpc) is 2.95. The molecule has 0 spiro atoms. The van der Waals surface area contributed by atoms with Gasteiger partial charge in [-0.2, -0.15) is 10.4 Å². The summed E-state index contributed by atoms with van der Waals surface area (Å²) in [6.07, 6.45) is 5.92. The van der Waals surface area contributed by atoms with Gasteiger partial charge in [-0.25, -0.2) is 14.2 Å². The van der Waals surface area contributed by atoms with E-state index in [4.69, 9.17) is 5.26 Å². The van der Waals surface area contributed by atoms with Crippen molar-refractivity contribution in [1.29, 1.82) is 5.26 Å². The van der Waals surface area contributed by atoms with Crippen molar-refractivity contribution >= 4 is 23.4 Å². The molecule has 1 aliphatic carbocycles. The van der Waals surface area contributed by atoms with Gasteiger partial charge in [0.05, 0.1) is 25.1 Å². The predicted octanol–water partition coefficient (Wildman–Crippen LogP) is -0.293. The Hall–Kier alpha value is -3.09. The maximum Gasteiger partial charge on any atom is 0.268 e. The fourth-order valence-corrected chi connectivity index (χ4v) is 3.13. The van der Waals surface area contributed by atoms with Crippen molar-refractivity contribution in [3.8, 4) is 6.07 Å². The number of alkyl halides is 2. The third-order valence-electron chi connectivity index (χ3n) is 4.41. The first-order valence-corrected chi connectivity index (χ1v) is 7.90. The van der Waals surface area contributed by atoms with Crippen LogP contribution in [-0.2, 0) is 14.4 Å². The molecular weight excluding hydrogens is 348 g/mol. The minimum Gasteiger partial charge on any atom is -0.342 e. The summed E-state index contributed by atoms with van der Waals surface area (Å²) in [4.78, 5) is 37.0. The fourth-order valence-electron chi connectivity index (χ4n) is 3.13. The average molecular weight is 363 g/mol. The number of fused-ring (bicyclic) bond motifs is 1. The molecule has 3 unspecified atom stereocenters. The second-order valence-corrected chi connectivity index (χ2v) is 6.20.